The zero-order valence-corrected chi connectivity index (χ0v) is 21.4. The Morgan fingerprint density at radius 3 is 1.82 bits per heavy atom. The molecule has 33 heavy (non-hydrogen) atoms. The van der Waals surface area contributed by atoms with Crippen molar-refractivity contribution in [2.24, 2.45) is 5.41 Å². The highest BCUT2D eigenvalue weighted by atomic mass is 19.4. The number of hydrogen-bond acceptors (Lipinski definition) is 1. The van der Waals surface area contributed by atoms with Gasteiger partial charge in [-0.25, -0.2) is 0 Å². The number of alkyl halides is 3. The molecular weight excluding hydrogens is 421 g/mol. The smallest absolute Gasteiger partial charge is 0.404 e. The molecule has 1 unspecified atom stereocenters. The van der Waals surface area contributed by atoms with E-state index in [-0.39, 0.29) is 17.6 Å². The summed E-state index contributed by atoms with van der Waals surface area (Å²) in [4.78, 5) is 0. The topological polar surface area (TPSA) is 20.2 Å². The fraction of sp³-hybridized carbons (Fsp3) is 0.517. The molecule has 0 heterocycles. The SMILES string of the molecule is CCC.CCCCC(C)(C#Cc1ccc(C(C)(C)c2ccc(O)c(C)c2)cc1C)C(F)(F)F. The summed E-state index contributed by atoms with van der Waals surface area (Å²) in [6.07, 6.45) is -1.91. The molecule has 0 fully saturated rings. The zero-order chi connectivity index (χ0) is 25.4. The Kier molecular flexibility index (Phi) is 10.1. The maximum absolute atomic E-state index is 13.6. The van der Waals surface area contributed by atoms with E-state index in [9.17, 15) is 18.3 Å². The van der Waals surface area contributed by atoms with E-state index in [4.69, 9.17) is 0 Å². The lowest BCUT2D eigenvalue weighted by Gasteiger charge is -2.27. The van der Waals surface area contributed by atoms with Gasteiger partial charge >= 0.3 is 6.18 Å². The fourth-order valence-electron chi connectivity index (χ4n) is 3.41. The molecule has 0 aliphatic heterocycles. The standard InChI is InChI=1S/C26H31F3O.C3H8/c1-7-8-14-25(6,26(27,28)29)15-13-20-9-10-21(16-18(20)2)24(4,5)22-11-12-23(30)19(3)17-22;1-3-2/h9-12,16-17,30H,7-8,14H2,1-6H3;3H2,1-2H3. The largest absolute Gasteiger partial charge is 0.508 e. The van der Waals surface area contributed by atoms with E-state index in [0.29, 0.717) is 18.4 Å². The van der Waals surface area contributed by atoms with Crippen LogP contribution in [-0.4, -0.2) is 11.3 Å². The molecule has 0 aromatic heterocycles. The minimum absolute atomic E-state index is 0.00433. The predicted molar refractivity (Wildman–Crippen MR) is 133 cm³/mol. The number of phenolic OH excluding ortho intramolecular Hbond substituents is 1. The van der Waals surface area contributed by atoms with Crippen LogP contribution >= 0.6 is 0 Å². The van der Waals surface area contributed by atoms with Crippen LogP contribution in [0.4, 0.5) is 13.2 Å². The first-order valence-corrected chi connectivity index (χ1v) is 11.7. The molecule has 0 aliphatic carbocycles. The second-order valence-electron chi connectivity index (χ2n) is 9.55. The molecule has 182 valence electrons. The summed E-state index contributed by atoms with van der Waals surface area (Å²) >= 11 is 0. The van der Waals surface area contributed by atoms with Crippen molar-refractivity contribution in [1.82, 2.24) is 0 Å². The Labute approximate surface area is 198 Å². The van der Waals surface area contributed by atoms with E-state index >= 15 is 0 Å². The van der Waals surface area contributed by atoms with E-state index < -0.39 is 11.6 Å². The van der Waals surface area contributed by atoms with Crippen molar-refractivity contribution in [3.05, 3.63) is 64.2 Å². The maximum Gasteiger partial charge on any atom is 0.404 e. The van der Waals surface area contributed by atoms with Crippen LogP contribution in [0.3, 0.4) is 0 Å². The fourth-order valence-corrected chi connectivity index (χ4v) is 3.41. The number of benzene rings is 2. The molecule has 0 spiro atoms. The molecule has 0 saturated carbocycles. The Hall–Kier alpha value is -2.41. The summed E-state index contributed by atoms with van der Waals surface area (Å²) in [6.45, 7) is 15.2. The van der Waals surface area contributed by atoms with Crippen LogP contribution in [0.1, 0.15) is 95.0 Å². The molecule has 1 atom stereocenters. The summed E-state index contributed by atoms with van der Waals surface area (Å²) in [5, 5.41) is 9.80. The number of aryl methyl sites for hydroxylation is 2. The summed E-state index contributed by atoms with van der Waals surface area (Å²) in [7, 11) is 0. The van der Waals surface area contributed by atoms with Crippen LogP contribution in [0, 0.1) is 31.1 Å². The molecular formula is C29H39F3O. The third-order valence-corrected chi connectivity index (χ3v) is 6.00. The van der Waals surface area contributed by atoms with Gasteiger partial charge in [-0.3, -0.25) is 0 Å². The summed E-state index contributed by atoms with van der Waals surface area (Å²) in [6, 6.07) is 11.3. The van der Waals surface area contributed by atoms with E-state index in [1.54, 1.807) is 6.07 Å². The molecule has 0 bridgehead atoms. The van der Waals surface area contributed by atoms with Crippen molar-refractivity contribution < 1.29 is 18.3 Å². The first kappa shape index (κ1) is 28.6. The highest BCUT2D eigenvalue weighted by Crippen LogP contribution is 2.41. The van der Waals surface area contributed by atoms with Crippen LogP contribution in [0.5, 0.6) is 5.75 Å². The summed E-state index contributed by atoms with van der Waals surface area (Å²) < 4.78 is 40.7. The Balaban J connectivity index is 0.00000172. The van der Waals surface area contributed by atoms with Gasteiger partial charge in [-0.1, -0.05) is 90.0 Å². The minimum Gasteiger partial charge on any atom is -0.508 e. The van der Waals surface area contributed by atoms with Crippen molar-refractivity contribution in [3.8, 4) is 17.6 Å². The van der Waals surface area contributed by atoms with Gasteiger partial charge in [-0.05, 0) is 61.6 Å². The first-order chi connectivity index (χ1) is 15.2. The van der Waals surface area contributed by atoms with Crippen molar-refractivity contribution in [1.29, 1.82) is 0 Å². The van der Waals surface area contributed by atoms with Crippen LogP contribution in [0.2, 0.25) is 0 Å². The molecule has 0 saturated heterocycles. The molecule has 2 aromatic carbocycles. The van der Waals surface area contributed by atoms with Crippen molar-refractivity contribution in [3.63, 3.8) is 0 Å². The molecule has 2 rings (SSSR count). The maximum atomic E-state index is 13.6. The molecule has 4 heteroatoms. The Morgan fingerprint density at radius 1 is 0.848 bits per heavy atom. The van der Waals surface area contributed by atoms with Gasteiger partial charge in [0.1, 0.15) is 11.2 Å². The quantitative estimate of drug-likeness (QED) is 0.442. The Bertz CT molecular complexity index is 977. The predicted octanol–water partition coefficient (Wildman–Crippen LogP) is 8.86. The highest BCUT2D eigenvalue weighted by Gasteiger charge is 2.49. The van der Waals surface area contributed by atoms with Gasteiger partial charge in [0.25, 0.3) is 0 Å². The number of rotatable bonds is 5. The number of aromatic hydroxyl groups is 1. The molecule has 2 aromatic rings. The molecule has 1 N–H and O–H groups in total. The average molecular weight is 461 g/mol. The van der Waals surface area contributed by atoms with Crippen molar-refractivity contribution in [2.45, 2.75) is 92.7 Å². The van der Waals surface area contributed by atoms with Gasteiger partial charge in [0.2, 0.25) is 0 Å². The lowest BCUT2D eigenvalue weighted by atomic mass is 9.77. The third-order valence-electron chi connectivity index (χ3n) is 6.00. The van der Waals surface area contributed by atoms with Gasteiger partial charge in [0.15, 0.2) is 0 Å². The van der Waals surface area contributed by atoms with Gasteiger partial charge in [-0.2, -0.15) is 13.2 Å². The number of hydrogen-bond donors (Lipinski definition) is 1. The number of phenols is 1. The van der Waals surface area contributed by atoms with E-state index in [2.05, 4.69) is 39.5 Å². The van der Waals surface area contributed by atoms with Crippen molar-refractivity contribution in [2.75, 3.05) is 0 Å². The summed E-state index contributed by atoms with van der Waals surface area (Å²) in [5.41, 5.74) is 2.04. The highest BCUT2D eigenvalue weighted by molar-refractivity contribution is 5.49. The zero-order valence-electron chi connectivity index (χ0n) is 21.4. The van der Waals surface area contributed by atoms with Crippen LogP contribution in [0.25, 0.3) is 0 Å². The lowest BCUT2D eigenvalue weighted by Crippen LogP contribution is -2.33. The normalized spacial score (nSPS) is 13.3. The second-order valence-corrected chi connectivity index (χ2v) is 9.55. The van der Waals surface area contributed by atoms with Gasteiger partial charge in [0.05, 0.1) is 0 Å². The first-order valence-electron chi connectivity index (χ1n) is 11.7. The van der Waals surface area contributed by atoms with Crippen LogP contribution in [0.15, 0.2) is 36.4 Å². The molecule has 0 aliphatic rings. The molecule has 0 radical (unpaired) electrons. The summed E-state index contributed by atoms with van der Waals surface area (Å²) in [5.74, 6) is 5.59. The van der Waals surface area contributed by atoms with Gasteiger partial charge < -0.3 is 5.11 Å². The molecule has 0 amide bonds. The minimum atomic E-state index is -4.36. The van der Waals surface area contributed by atoms with E-state index in [1.165, 1.54) is 13.3 Å². The lowest BCUT2D eigenvalue weighted by molar-refractivity contribution is -0.198. The van der Waals surface area contributed by atoms with Crippen molar-refractivity contribution >= 4 is 0 Å². The van der Waals surface area contributed by atoms with Crippen LogP contribution < -0.4 is 0 Å². The average Bonchev–Trinajstić information content (AvgIpc) is 2.73. The Morgan fingerprint density at radius 2 is 1.36 bits per heavy atom. The molecule has 1 nitrogen and oxygen atoms in total. The van der Waals surface area contributed by atoms with E-state index in [0.717, 1.165) is 22.3 Å². The van der Waals surface area contributed by atoms with E-state index in [1.807, 2.05) is 51.1 Å². The van der Waals surface area contributed by atoms with Gasteiger partial charge in [0, 0.05) is 11.0 Å². The van der Waals surface area contributed by atoms with Gasteiger partial charge in [-0.15, -0.1) is 0 Å². The monoisotopic (exact) mass is 460 g/mol. The third kappa shape index (κ3) is 7.29. The van der Waals surface area contributed by atoms with Crippen LogP contribution in [-0.2, 0) is 5.41 Å². The number of unbranched alkanes of at least 4 members (excludes halogenated alkanes) is 1. The second kappa shape index (κ2) is 11.6. The number of halogens is 3.